The first-order valence-electron chi connectivity index (χ1n) is 12.8. The number of sulfonamides is 1. The molecule has 0 aliphatic rings. The predicted octanol–water partition coefficient (Wildman–Crippen LogP) is 4.45. The zero-order valence-electron chi connectivity index (χ0n) is 23.3. The molecule has 0 spiro atoms. The molecule has 8 nitrogen and oxygen atoms in total. The molecular weight excluding hydrogens is 514 g/mol. The molecule has 0 unspecified atom stereocenters. The van der Waals surface area contributed by atoms with Crippen LogP contribution in [0, 0.1) is 13.8 Å². The van der Waals surface area contributed by atoms with Gasteiger partial charge in [-0.05, 0) is 76.1 Å². The third-order valence-electron chi connectivity index (χ3n) is 6.32. The summed E-state index contributed by atoms with van der Waals surface area (Å²) in [5.41, 5.74) is 2.83. The molecule has 0 aromatic heterocycles. The molecule has 0 radical (unpaired) electrons. The highest BCUT2D eigenvalue weighted by Gasteiger charge is 2.33. The van der Waals surface area contributed by atoms with Gasteiger partial charge in [-0.1, -0.05) is 48.0 Å². The Balaban J connectivity index is 2.06. The lowest BCUT2D eigenvalue weighted by atomic mass is 10.1. The van der Waals surface area contributed by atoms with Crippen LogP contribution in [0.25, 0.3) is 0 Å². The Bertz CT molecular complexity index is 1410. The molecule has 9 heteroatoms. The monoisotopic (exact) mass is 551 g/mol. The third-order valence-corrected chi connectivity index (χ3v) is 8.09. The zero-order valence-corrected chi connectivity index (χ0v) is 24.2. The number of hydrogen-bond donors (Lipinski definition) is 1. The summed E-state index contributed by atoms with van der Waals surface area (Å²) in [6.45, 7) is 8.67. The predicted molar refractivity (Wildman–Crippen MR) is 153 cm³/mol. The topological polar surface area (TPSA) is 96.0 Å². The minimum atomic E-state index is -4.10. The van der Waals surface area contributed by atoms with Crippen LogP contribution in [0.3, 0.4) is 0 Å². The summed E-state index contributed by atoms with van der Waals surface area (Å²) in [7, 11) is -2.55. The van der Waals surface area contributed by atoms with Gasteiger partial charge in [-0.2, -0.15) is 0 Å². The molecule has 0 saturated carbocycles. The fourth-order valence-electron chi connectivity index (χ4n) is 4.27. The molecule has 0 fully saturated rings. The second-order valence-electron chi connectivity index (χ2n) is 9.83. The van der Waals surface area contributed by atoms with Gasteiger partial charge in [0, 0.05) is 12.6 Å². The lowest BCUT2D eigenvalue weighted by Gasteiger charge is -2.32. The molecule has 39 heavy (non-hydrogen) atoms. The van der Waals surface area contributed by atoms with Crippen molar-refractivity contribution in [3.63, 3.8) is 0 Å². The Morgan fingerprint density at radius 2 is 1.62 bits per heavy atom. The average molecular weight is 552 g/mol. The van der Waals surface area contributed by atoms with Gasteiger partial charge in [0.05, 0.1) is 17.7 Å². The van der Waals surface area contributed by atoms with Crippen molar-refractivity contribution in [3.8, 4) is 5.75 Å². The maximum Gasteiger partial charge on any atom is 0.264 e. The molecule has 0 heterocycles. The minimum absolute atomic E-state index is 0.0720. The number of anilines is 1. The van der Waals surface area contributed by atoms with Gasteiger partial charge in [0.2, 0.25) is 11.8 Å². The number of aryl methyl sites for hydroxylation is 2. The second-order valence-corrected chi connectivity index (χ2v) is 11.7. The maximum absolute atomic E-state index is 14.0. The zero-order chi connectivity index (χ0) is 28.7. The van der Waals surface area contributed by atoms with Gasteiger partial charge in [0.15, 0.2) is 0 Å². The number of ether oxygens (including phenoxy) is 1. The summed E-state index contributed by atoms with van der Waals surface area (Å²) in [4.78, 5) is 28.5. The van der Waals surface area contributed by atoms with Crippen LogP contribution in [-0.2, 0) is 26.2 Å². The summed E-state index contributed by atoms with van der Waals surface area (Å²) in [5, 5.41) is 2.85. The van der Waals surface area contributed by atoms with Crippen LogP contribution in [0.15, 0.2) is 77.7 Å². The van der Waals surface area contributed by atoms with Crippen molar-refractivity contribution in [1.29, 1.82) is 0 Å². The van der Waals surface area contributed by atoms with Crippen molar-refractivity contribution in [2.75, 3.05) is 18.0 Å². The van der Waals surface area contributed by atoms with E-state index in [1.807, 2.05) is 45.9 Å². The first-order valence-corrected chi connectivity index (χ1v) is 14.3. The van der Waals surface area contributed by atoms with Gasteiger partial charge in [0.25, 0.3) is 10.0 Å². The summed E-state index contributed by atoms with van der Waals surface area (Å²) in [6.07, 6.45) is 0. The van der Waals surface area contributed by atoms with E-state index in [-0.39, 0.29) is 23.4 Å². The molecule has 3 aromatic carbocycles. The highest BCUT2D eigenvalue weighted by atomic mass is 32.2. The van der Waals surface area contributed by atoms with Crippen molar-refractivity contribution < 1.29 is 22.7 Å². The first kappa shape index (κ1) is 29.7. The van der Waals surface area contributed by atoms with Gasteiger partial charge in [-0.3, -0.25) is 13.9 Å². The summed E-state index contributed by atoms with van der Waals surface area (Å²) in [5.74, 6) is -0.225. The normalized spacial score (nSPS) is 12.1. The van der Waals surface area contributed by atoms with Crippen LogP contribution in [-0.4, -0.2) is 50.9 Å². The van der Waals surface area contributed by atoms with Crippen molar-refractivity contribution in [1.82, 2.24) is 10.2 Å². The molecule has 1 atom stereocenters. The molecule has 3 rings (SSSR count). The van der Waals surface area contributed by atoms with Crippen LogP contribution in [0.2, 0.25) is 0 Å². The van der Waals surface area contributed by atoms with E-state index in [1.165, 1.54) is 17.0 Å². The fourth-order valence-corrected chi connectivity index (χ4v) is 5.77. The van der Waals surface area contributed by atoms with Gasteiger partial charge >= 0.3 is 0 Å². The lowest BCUT2D eigenvalue weighted by Crippen LogP contribution is -2.52. The lowest BCUT2D eigenvalue weighted by molar-refractivity contribution is -0.139. The van der Waals surface area contributed by atoms with E-state index in [1.54, 1.807) is 56.5 Å². The smallest absolute Gasteiger partial charge is 0.264 e. The van der Waals surface area contributed by atoms with E-state index in [0.717, 1.165) is 15.4 Å². The molecule has 0 saturated heterocycles. The first-order chi connectivity index (χ1) is 18.4. The summed E-state index contributed by atoms with van der Waals surface area (Å²) >= 11 is 0. The minimum Gasteiger partial charge on any atom is -0.497 e. The molecule has 3 aromatic rings. The molecule has 0 aliphatic heterocycles. The molecule has 0 bridgehead atoms. The molecule has 0 aliphatic carbocycles. The highest BCUT2D eigenvalue weighted by molar-refractivity contribution is 7.92. The van der Waals surface area contributed by atoms with E-state index in [0.29, 0.717) is 17.0 Å². The van der Waals surface area contributed by atoms with E-state index in [9.17, 15) is 18.0 Å². The SMILES string of the molecule is COc1cccc(CN(C(=O)CN(c2ccc(C)cc2C)S(=O)(=O)c2ccccc2)[C@H](C)C(=O)NC(C)C)c1. The molecule has 1 N–H and O–H groups in total. The van der Waals surface area contributed by atoms with Crippen LogP contribution in [0.1, 0.15) is 37.5 Å². The number of nitrogens with zero attached hydrogens (tertiary/aromatic N) is 2. The van der Waals surface area contributed by atoms with Crippen LogP contribution >= 0.6 is 0 Å². The Hall–Kier alpha value is -3.85. The Morgan fingerprint density at radius 3 is 2.23 bits per heavy atom. The maximum atomic E-state index is 14.0. The summed E-state index contributed by atoms with van der Waals surface area (Å²) in [6, 6.07) is 19.6. The van der Waals surface area contributed by atoms with Gasteiger partial charge in [0.1, 0.15) is 18.3 Å². The summed E-state index contributed by atoms with van der Waals surface area (Å²) < 4.78 is 34.2. The number of amides is 2. The molecular formula is C30H37N3O5S. The second kappa shape index (κ2) is 12.8. The van der Waals surface area contributed by atoms with Crippen molar-refractivity contribution in [2.24, 2.45) is 0 Å². The standard InChI is InChI=1S/C30H37N3O5S/c1-21(2)31-30(35)24(5)32(19-25-11-10-12-26(18-25)38-6)29(34)20-33(28-16-15-22(3)17-23(28)4)39(36,37)27-13-8-7-9-14-27/h7-18,21,24H,19-20H2,1-6H3,(H,31,35)/t24-/m1/s1. The van der Waals surface area contributed by atoms with Gasteiger partial charge in [-0.25, -0.2) is 8.42 Å². The number of nitrogens with one attached hydrogen (secondary N) is 1. The average Bonchev–Trinajstić information content (AvgIpc) is 2.90. The van der Waals surface area contributed by atoms with E-state index in [2.05, 4.69) is 5.32 Å². The van der Waals surface area contributed by atoms with Gasteiger partial charge in [-0.15, -0.1) is 0 Å². The van der Waals surface area contributed by atoms with E-state index < -0.39 is 28.5 Å². The molecule has 2 amide bonds. The largest absolute Gasteiger partial charge is 0.497 e. The Kier molecular flexibility index (Phi) is 9.75. The van der Waals surface area contributed by atoms with E-state index >= 15 is 0 Å². The number of benzene rings is 3. The van der Waals surface area contributed by atoms with Crippen molar-refractivity contribution in [2.45, 2.75) is 58.1 Å². The third kappa shape index (κ3) is 7.38. The van der Waals surface area contributed by atoms with Crippen molar-refractivity contribution in [3.05, 3.63) is 89.5 Å². The number of methoxy groups -OCH3 is 1. The quantitative estimate of drug-likeness (QED) is 0.380. The van der Waals surface area contributed by atoms with Gasteiger partial charge < -0.3 is 15.0 Å². The fraction of sp³-hybridized carbons (Fsp3) is 0.333. The highest BCUT2D eigenvalue weighted by Crippen LogP contribution is 2.28. The molecule has 208 valence electrons. The number of hydrogen-bond acceptors (Lipinski definition) is 5. The van der Waals surface area contributed by atoms with Crippen LogP contribution in [0.4, 0.5) is 5.69 Å². The van der Waals surface area contributed by atoms with Crippen LogP contribution in [0.5, 0.6) is 5.75 Å². The number of rotatable bonds is 11. The Labute approximate surface area is 231 Å². The van der Waals surface area contributed by atoms with Crippen molar-refractivity contribution >= 4 is 27.5 Å². The Morgan fingerprint density at radius 1 is 0.923 bits per heavy atom. The van der Waals surface area contributed by atoms with E-state index in [4.69, 9.17) is 4.74 Å². The van der Waals surface area contributed by atoms with Crippen LogP contribution < -0.4 is 14.4 Å². The number of carbonyl (C=O) groups excluding carboxylic acids is 2. The number of carbonyl (C=O) groups is 2.